The van der Waals surface area contributed by atoms with Crippen LogP contribution in [0, 0.1) is 0 Å². The molecule has 0 radical (unpaired) electrons. The lowest BCUT2D eigenvalue weighted by Crippen LogP contribution is -2.25. The summed E-state index contributed by atoms with van der Waals surface area (Å²) < 4.78 is 16.3. The van der Waals surface area contributed by atoms with Gasteiger partial charge in [-0.25, -0.2) is 0 Å². The first-order valence-corrected chi connectivity index (χ1v) is 12.0. The molecule has 6 nitrogen and oxygen atoms in total. The number of rotatable bonds is 12. The molecule has 0 aliphatic heterocycles. The fourth-order valence-electron chi connectivity index (χ4n) is 3.71. The maximum absolute atomic E-state index is 13.7. The number of Topliss-reactive ketones (excluding diaryl/α,β-unsaturated/α-hetero) is 1. The molecule has 0 amide bonds. The first-order chi connectivity index (χ1) is 16.1. The fourth-order valence-corrected chi connectivity index (χ4v) is 4.73. The molecule has 3 aromatic rings. The van der Waals surface area contributed by atoms with Gasteiger partial charge < -0.3 is 24.1 Å². The number of fused-ring (bicyclic) bond motifs is 1. The van der Waals surface area contributed by atoms with Gasteiger partial charge in [-0.2, -0.15) is 0 Å². The second kappa shape index (κ2) is 11.8. The lowest BCUT2D eigenvalue weighted by molar-refractivity contribution is 0.104. The van der Waals surface area contributed by atoms with E-state index in [0.29, 0.717) is 27.7 Å². The summed E-state index contributed by atoms with van der Waals surface area (Å²) in [5.41, 5.74) is 2.51. The van der Waals surface area contributed by atoms with Crippen LogP contribution >= 0.6 is 11.8 Å². The van der Waals surface area contributed by atoms with Crippen LogP contribution < -0.4 is 14.2 Å². The van der Waals surface area contributed by atoms with Gasteiger partial charge >= 0.3 is 0 Å². The van der Waals surface area contributed by atoms with Gasteiger partial charge in [0.25, 0.3) is 0 Å². The number of nitrogens with zero attached hydrogens (tertiary/aromatic N) is 1. The predicted molar refractivity (Wildman–Crippen MR) is 137 cm³/mol. The maximum Gasteiger partial charge on any atom is 0.203 e. The number of ketones is 1. The fraction of sp³-hybridized carbons (Fsp3) is 0.346. The van der Waals surface area contributed by atoms with E-state index in [1.54, 1.807) is 45.2 Å². The molecule has 1 heterocycles. The van der Waals surface area contributed by atoms with Crippen LogP contribution in [-0.4, -0.2) is 62.4 Å². The number of benzene rings is 2. The van der Waals surface area contributed by atoms with Crippen molar-refractivity contribution < 1.29 is 19.0 Å². The number of allylic oxidation sites excluding steroid dienone is 1. The molecule has 33 heavy (non-hydrogen) atoms. The molecule has 7 heteroatoms. The normalized spacial score (nSPS) is 11.8. The molecule has 0 fully saturated rings. The van der Waals surface area contributed by atoms with Gasteiger partial charge in [-0.15, -0.1) is 11.8 Å². The van der Waals surface area contributed by atoms with Gasteiger partial charge in [0.1, 0.15) is 0 Å². The summed E-state index contributed by atoms with van der Waals surface area (Å²) in [5, 5.41) is 1.08. The third-order valence-electron chi connectivity index (χ3n) is 5.62. The maximum atomic E-state index is 13.7. The zero-order chi connectivity index (χ0) is 23.8. The van der Waals surface area contributed by atoms with Crippen molar-refractivity contribution in [3.05, 3.63) is 58.6 Å². The van der Waals surface area contributed by atoms with Crippen molar-refractivity contribution in [2.75, 3.05) is 46.7 Å². The van der Waals surface area contributed by atoms with Crippen molar-refractivity contribution in [2.45, 2.75) is 13.8 Å². The van der Waals surface area contributed by atoms with E-state index >= 15 is 0 Å². The average molecular weight is 469 g/mol. The minimum Gasteiger partial charge on any atom is -0.493 e. The van der Waals surface area contributed by atoms with Gasteiger partial charge in [0.15, 0.2) is 17.3 Å². The molecule has 2 aromatic carbocycles. The minimum atomic E-state index is -0.0796. The Kier molecular flexibility index (Phi) is 8.86. The summed E-state index contributed by atoms with van der Waals surface area (Å²) in [6.45, 7) is 7.18. The number of carbonyl (C=O) groups is 1. The van der Waals surface area contributed by atoms with E-state index in [9.17, 15) is 4.79 Å². The van der Waals surface area contributed by atoms with E-state index in [0.717, 1.165) is 41.9 Å². The van der Waals surface area contributed by atoms with Gasteiger partial charge in [-0.05, 0) is 37.4 Å². The molecule has 0 aliphatic rings. The molecule has 0 aliphatic carbocycles. The molecule has 176 valence electrons. The number of carbonyl (C=O) groups excluding carboxylic acids is 1. The number of aromatic amines is 1. The van der Waals surface area contributed by atoms with Crippen molar-refractivity contribution in [1.82, 2.24) is 9.88 Å². The molecular weight excluding hydrogens is 436 g/mol. The largest absolute Gasteiger partial charge is 0.493 e. The average Bonchev–Trinajstić information content (AvgIpc) is 3.27. The van der Waals surface area contributed by atoms with E-state index in [1.165, 1.54) is 0 Å². The Morgan fingerprint density at radius 1 is 1.03 bits per heavy atom. The van der Waals surface area contributed by atoms with Crippen LogP contribution in [0.3, 0.4) is 0 Å². The molecule has 0 bridgehead atoms. The Morgan fingerprint density at radius 2 is 1.70 bits per heavy atom. The lowest BCUT2D eigenvalue weighted by Gasteiger charge is -2.18. The van der Waals surface area contributed by atoms with E-state index < -0.39 is 0 Å². The summed E-state index contributed by atoms with van der Waals surface area (Å²) in [7, 11) is 4.65. The molecule has 0 atom stereocenters. The highest BCUT2D eigenvalue weighted by molar-refractivity contribution is 8.04. The van der Waals surface area contributed by atoms with Gasteiger partial charge in [-0.1, -0.05) is 32.0 Å². The summed E-state index contributed by atoms with van der Waals surface area (Å²) >= 11 is 1.57. The lowest BCUT2D eigenvalue weighted by atomic mass is 10.1. The van der Waals surface area contributed by atoms with E-state index in [-0.39, 0.29) is 5.78 Å². The van der Waals surface area contributed by atoms with E-state index in [4.69, 9.17) is 14.2 Å². The molecular formula is C26H32N2O4S. The zero-order valence-electron chi connectivity index (χ0n) is 19.9. The van der Waals surface area contributed by atoms with Crippen LogP contribution in [0.1, 0.15) is 29.8 Å². The highest BCUT2D eigenvalue weighted by Gasteiger charge is 2.20. The summed E-state index contributed by atoms with van der Waals surface area (Å²) in [5.74, 6) is 2.11. The Labute approximate surface area is 199 Å². The van der Waals surface area contributed by atoms with Crippen LogP contribution in [0.5, 0.6) is 17.2 Å². The van der Waals surface area contributed by atoms with Crippen molar-refractivity contribution in [3.8, 4) is 17.2 Å². The highest BCUT2D eigenvalue weighted by Crippen LogP contribution is 2.39. The number of aromatic nitrogens is 1. The highest BCUT2D eigenvalue weighted by atomic mass is 32.2. The van der Waals surface area contributed by atoms with Crippen molar-refractivity contribution in [2.24, 2.45) is 0 Å². The quantitative estimate of drug-likeness (QED) is 0.280. The third-order valence-corrected chi connectivity index (χ3v) is 6.62. The van der Waals surface area contributed by atoms with E-state index in [2.05, 4.69) is 29.8 Å². The van der Waals surface area contributed by atoms with Crippen molar-refractivity contribution in [1.29, 1.82) is 0 Å². The minimum absolute atomic E-state index is 0.0796. The van der Waals surface area contributed by atoms with Crippen molar-refractivity contribution >= 4 is 34.5 Å². The first-order valence-electron chi connectivity index (χ1n) is 11.0. The number of thioether (sulfide) groups is 1. The second-order valence-corrected chi connectivity index (χ2v) is 8.55. The number of hydrogen-bond donors (Lipinski definition) is 1. The number of nitrogens with one attached hydrogen (secondary N) is 1. The molecule has 3 rings (SSSR count). The van der Waals surface area contributed by atoms with Gasteiger partial charge in [-0.3, -0.25) is 4.79 Å². The predicted octanol–water partition coefficient (Wildman–Crippen LogP) is 5.49. The number of methoxy groups -OCH3 is 3. The number of para-hydroxylation sites is 1. The van der Waals surface area contributed by atoms with E-state index in [1.807, 2.05) is 30.5 Å². The molecule has 1 N–H and O–H groups in total. The van der Waals surface area contributed by atoms with Gasteiger partial charge in [0.2, 0.25) is 5.75 Å². The van der Waals surface area contributed by atoms with Crippen LogP contribution in [0.15, 0.2) is 47.5 Å². The monoisotopic (exact) mass is 468 g/mol. The Morgan fingerprint density at radius 3 is 2.30 bits per heavy atom. The number of ether oxygens (including phenoxy) is 3. The van der Waals surface area contributed by atoms with Gasteiger partial charge in [0.05, 0.1) is 26.2 Å². The topological polar surface area (TPSA) is 63.8 Å². The van der Waals surface area contributed by atoms with Crippen LogP contribution in [-0.2, 0) is 0 Å². The van der Waals surface area contributed by atoms with Crippen LogP contribution in [0.4, 0.5) is 0 Å². The molecule has 0 saturated carbocycles. The first kappa shape index (κ1) is 24.7. The molecule has 0 unspecified atom stereocenters. The Balaban J connectivity index is 2.00. The van der Waals surface area contributed by atoms with Gasteiger partial charge in [0, 0.05) is 40.5 Å². The zero-order valence-corrected chi connectivity index (χ0v) is 20.8. The van der Waals surface area contributed by atoms with Crippen molar-refractivity contribution in [3.63, 3.8) is 0 Å². The summed E-state index contributed by atoms with van der Waals surface area (Å²) in [4.78, 5) is 20.0. The Bertz CT molecular complexity index is 1090. The third kappa shape index (κ3) is 5.72. The molecule has 1 aromatic heterocycles. The standard InChI is InChI=1S/C26H32N2O4S/c1-6-28(7-2)12-13-33-24(16-19-17-27-21-11-9-8-10-20(19)21)25(29)18-14-22(30-3)26(32-5)23(15-18)31-4/h8-11,14-17,27H,6-7,12-13H2,1-5H3. The smallest absolute Gasteiger partial charge is 0.203 e. The van der Waals surface area contributed by atoms with Crippen LogP contribution in [0.25, 0.3) is 17.0 Å². The molecule has 0 saturated heterocycles. The number of H-pyrrole nitrogens is 1. The Hall–Kier alpha value is -2.90. The second-order valence-electron chi connectivity index (χ2n) is 7.42. The summed E-state index contributed by atoms with van der Waals surface area (Å²) in [6, 6.07) is 11.5. The molecule has 0 spiro atoms. The summed E-state index contributed by atoms with van der Waals surface area (Å²) in [6.07, 6.45) is 3.91. The number of hydrogen-bond acceptors (Lipinski definition) is 6. The van der Waals surface area contributed by atoms with Crippen LogP contribution in [0.2, 0.25) is 0 Å². The SMILES string of the molecule is CCN(CC)CCSC(=Cc1c[nH]c2ccccc12)C(=O)c1cc(OC)c(OC)c(OC)c1.